The lowest BCUT2D eigenvalue weighted by atomic mass is 9.87. The van der Waals surface area contributed by atoms with Crippen LogP contribution < -0.4 is 0 Å². The first kappa shape index (κ1) is 24.6. The van der Waals surface area contributed by atoms with E-state index in [2.05, 4.69) is 32.0 Å². The number of fused-ring (bicyclic) bond motifs is 1. The van der Waals surface area contributed by atoms with Crippen LogP contribution in [0.25, 0.3) is 11.0 Å². The van der Waals surface area contributed by atoms with Crippen LogP contribution >= 0.6 is 0 Å². The molecule has 1 heterocycles. The number of carbonyl (C=O) groups is 1. The van der Waals surface area contributed by atoms with Crippen LogP contribution in [0.3, 0.4) is 0 Å². The van der Waals surface area contributed by atoms with Gasteiger partial charge in [0, 0.05) is 24.9 Å². The molecule has 0 aliphatic heterocycles. The van der Waals surface area contributed by atoms with E-state index < -0.39 is 16.6 Å². The molecule has 2 aromatic rings. The van der Waals surface area contributed by atoms with E-state index in [4.69, 9.17) is 9.15 Å². The van der Waals surface area contributed by atoms with Crippen molar-refractivity contribution in [3.8, 4) is 0 Å². The lowest BCUT2D eigenvalue weighted by Crippen LogP contribution is -2.38. The fourth-order valence-corrected chi connectivity index (χ4v) is 5.07. The van der Waals surface area contributed by atoms with Crippen LogP contribution in [0.1, 0.15) is 67.7 Å². The summed E-state index contributed by atoms with van der Waals surface area (Å²) in [5, 5.41) is 0.960. The molecule has 0 fully saturated rings. The quantitative estimate of drug-likeness (QED) is 0.433. The number of hydrogen-bond acceptors (Lipinski definition) is 4. The molecule has 0 amide bonds. The maximum atomic E-state index is 13.4. The van der Waals surface area contributed by atoms with Crippen molar-refractivity contribution < 1.29 is 18.2 Å². The van der Waals surface area contributed by atoms with Crippen molar-refractivity contribution in [1.29, 1.82) is 0 Å². The van der Waals surface area contributed by atoms with Gasteiger partial charge in [0.25, 0.3) is 0 Å². The molecule has 0 saturated carbocycles. The Morgan fingerprint density at radius 3 is 2.50 bits per heavy atom. The summed E-state index contributed by atoms with van der Waals surface area (Å²) in [7, 11) is -1.26. The number of esters is 1. The van der Waals surface area contributed by atoms with Gasteiger partial charge in [0.15, 0.2) is 0 Å². The van der Waals surface area contributed by atoms with Crippen molar-refractivity contribution in [2.45, 2.75) is 78.2 Å². The van der Waals surface area contributed by atoms with Crippen molar-refractivity contribution in [3.63, 3.8) is 0 Å². The summed E-state index contributed by atoms with van der Waals surface area (Å²) in [4.78, 5) is 12.8. The van der Waals surface area contributed by atoms with Crippen LogP contribution in [0.5, 0.6) is 0 Å². The Balaban J connectivity index is 2.03. The highest BCUT2D eigenvalue weighted by Gasteiger charge is 2.27. The second-order valence-corrected chi connectivity index (χ2v) is 11.7. The van der Waals surface area contributed by atoms with E-state index >= 15 is 0 Å². The van der Waals surface area contributed by atoms with Gasteiger partial charge in [-0.15, -0.1) is 0 Å². The zero-order valence-corrected chi connectivity index (χ0v) is 20.3. The monoisotopic (exact) mass is 435 g/mol. The minimum Gasteiger partial charge on any atom is -0.464 e. The zero-order chi connectivity index (χ0) is 22.5. The molecule has 0 aliphatic carbocycles. The zero-order valence-electron chi connectivity index (χ0n) is 19.5. The molecule has 0 aliphatic rings. The van der Waals surface area contributed by atoms with Gasteiger partial charge in [-0.05, 0) is 69.2 Å². The maximum Gasteiger partial charge on any atom is 0.306 e. The number of nitrogens with zero attached hydrogens (tertiary/aromatic N) is 1. The van der Waals surface area contributed by atoms with E-state index in [9.17, 15) is 9.00 Å². The van der Waals surface area contributed by atoms with Gasteiger partial charge in [0.1, 0.15) is 22.2 Å². The van der Waals surface area contributed by atoms with Gasteiger partial charge in [0.2, 0.25) is 0 Å². The molecule has 0 N–H and O–H groups in total. The van der Waals surface area contributed by atoms with Gasteiger partial charge < -0.3 is 9.15 Å². The first-order valence-corrected chi connectivity index (χ1v) is 11.8. The molecule has 30 heavy (non-hydrogen) atoms. The Labute approximate surface area is 183 Å². The van der Waals surface area contributed by atoms with Crippen molar-refractivity contribution in [3.05, 3.63) is 30.5 Å². The Bertz CT molecular complexity index is 863. The number of furan rings is 1. The average Bonchev–Trinajstić information content (AvgIpc) is 3.05. The number of rotatable bonds is 10. The molecular formula is C24H37NO4S. The second-order valence-electron chi connectivity index (χ2n) is 10.2. The van der Waals surface area contributed by atoms with E-state index in [0.29, 0.717) is 18.9 Å². The second kappa shape index (κ2) is 10.1. The lowest BCUT2D eigenvalue weighted by Gasteiger charge is -2.33. The number of hydrogen-bond donors (Lipinski definition) is 0. The largest absolute Gasteiger partial charge is 0.464 e. The minimum atomic E-state index is -1.26. The van der Waals surface area contributed by atoms with Gasteiger partial charge >= 0.3 is 5.97 Å². The minimum absolute atomic E-state index is 0.0771. The fourth-order valence-electron chi connectivity index (χ4n) is 3.46. The first-order chi connectivity index (χ1) is 13.9. The van der Waals surface area contributed by atoms with E-state index in [1.165, 1.54) is 0 Å². The summed E-state index contributed by atoms with van der Waals surface area (Å²) in [5.74, 6) is 0.235. The van der Waals surface area contributed by atoms with Crippen LogP contribution in [-0.4, -0.2) is 33.2 Å². The third-order valence-corrected chi connectivity index (χ3v) is 6.09. The maximum absolute atomic E-state index is 13.4. The molecule has 6 heteroatoms. The van der Waals surface area contributed by atoms with Crippen LogP contribution in [-0.2, 0) is 20.5 Å². The summed E-state index contributed by atoms with van der Waals surface area (Å²) in [6.07, 6.45) is 3.67. The third kappa shape index (κ3) is 7.88. The molecule has 2 rings (SSSR count). The molecule has 1 aromatic heterocycles. The van der Waals surface area contributed by atoms with E-state index in [1.807, 2.05) is 45.0 Å². The first-order valence-electron chi connectivity index (χ1n) is 10.7. The highest BCUT2D eigenvalue weighted by molar-refractivity contribution is 7.82. The standard InChI is InChI=1S/C24H37NO4S/c1-18(2)16-25(30(27)20-10-11-21-19(15-20)12-14-28-21)17-24(6,7)13-8-9-22(26)29-23(3,4)5/h10-12,14-15,18H,8-9,13,16-17H2,1-7H3. The number of benzene rings is 1. The molecule has 5 nitrogen and oxygen atoms in total. The van der Waals surface area contributed by atoms with Gasteiger partial charge in [0.05, 0.1) is 11.2 Å². The Kier molecular flexibility index (Phi) is 8.28. The number of ether oxygens (including phenoxy) is 1. The molecule has 0 bridgehead atoms. The molecule has 0 spiro atoms. The summed E-state index contributed by atoms with van der Waals surface area (Å²) < 4.78 is 26.3. The summed E-state index contributed by atoms with van der Waals surface area (Å²) in [6.45, 7) is 15.7. The van der Waals surface area contributed by atoms with E-state index in [1.54, 1.807) is 6.26 Å². The normalized spacial score (nSPS) is 13.9. The van der Waals surface area contributed by atoms with Crippen molar-refractivity contribution in [2.24, 2.45) is 11.3 Å². The Morgan fingerprint density at radius 1 is 1.17 bits per heavy atom. The SMILES string of the molecule is CC(C)CN(CC(C)(C)CCCC(=O)OC(C)(C)C)S(=O)c1ccc2occc2c1. The Hall–Kier alpha value is -1.66. The molecule has 1 atom stereocenters. The predicted molar refractivity (Wildman–Crippen MR) is 123 cm³/mol. The van der Waals surface area contributed by atoms with Gasteiger partial charge in [-0.3, -0.25) is 4.79 Å². The van der Waals surface area contributed by atoms with E-state index in [-0.39, 0.29) is 11.4 Å². The fraction of sp³-hybridized carbons (Fsp3) is 0.625. The van der Waals surface area contributed by atoms with Crippen LogP contribution in [0.15, 0.2) is 39.8 Å². The van der Waals surface area contributed by atoms with Crippen LogP contribution in [0.2, 0.25) is 0 Å². The highest BCUT2D eigenvalue weighted by Crippen LogP contribution is 2.28. The summed E-state index contributed by atoms with van der Waals surface area (Å²) in [6, 6.07) is 7.59. The lowest BCUT2D eigenvalue weighted by molar-refractivity contribution is -0.155. The smallest absolute Gasteiger partial charge is 0.306 e. The number of carbonyl (C=O) groups excluding carboxylic acids is 1. The third-order valence-electron chi connectivity index (χ3n) is 4.69. The summed E-state index contributed by atoms with van der Waals surface area (Å²) in [5.41, 5.74) is 0.272. The molecule has 0 radical (unpaired) electrons. The molecule has 0 saturated heterocycles. The van der Waals surface area contributed by atoms with Gasteiger partial charge in [-0.2, -0.15) is 0 Å². The average molecular weight is 436 g/mol. The molecule has 1 aromatic carbocycles. The molecule has 1 unspecified atom stereocenters. The summed E-state index contributed by atoms with van der Waals surface area (Å²) >= 11 is 0. The van der Waals surface area contributed by atoms with Crippen molar-refractivity contribution in [1.82, 2.24) is 4.31 Å². The highest BCUT2D eigenvalue weighted by atomic mass is 32.2. The van der Waals surface area contributed by atoms with Crippen LogP contribution in [0.4, 0.5) is 0 Å². The molecular weight excluding hydrogens is 398 g/mol. The topological polar surface area (TPSA) is 59.8 Å². The Morgan fingerprint density at radius 2 is 1.87 bits per heavy atom. The van der Waals surface area contributed by atoms with Crippen molar-refractivity contribution in [2.75, 3.05) is 13.1 Å². The molecule has 168 valence electrons. The predicted octanol–water partition coefficient (Wildman–Crippen LogP) is 5.95. The van der Waals surface area contributed by atoms with Crippen molar-refractivity contribution >= 4 is 27.9 Å². The van der Waals surface area contributed by atoms with Crippen LogP contribution in [0, 0.1) is 11.3 Å². The van der Waals surface area contributed by atoms with E-state index in [0.717, 1.165) is 35.3 Å². The van der Waals surface area contributed by atoms with Gasteiger partial charge in [-0.25, -0.2) is 8.51 Å². The van der Waals surface area contributed by atoms with Gasteiger partial charge in [-0.1, -0.05) is 27.7 Å².